The molecule has 1 heterocycles. The second-order valence-electron chi connectivity index (χ2n) is 4.70. The fourth-order valence-corrected chi connectivity index (χ4v) is 2.19. The van der Waals surface area contributed by atoms with Crippen LogP contribution in [0, 0.1) is 5.92 Å². The van der Waals surface area contributed by atoms with Crippen molar-refractivity contribution < 1.29 is 14.6 Å². The highest BCUT2D eigenvalue weighted by atomic mass is 16.5. The summed E-state index contributed by atoms with van der Waals surface area (Å²) < 4.78 is 11.1. The Bertz CT molecular complexity index is 389. The molecule has 0 bridgehead atoms. The quantitative estimate of drug-likeness (QED) is 0.877. The van der Waals surface area contributed by atoms with Gasteiger partial charge in [0.05, 0.1) is 13.2 Å². The van der Waals surface area contributed by atoms with Gasteiger partial charge in [-0.1, -0.05) is 20.3 Å². The van der Waals surface area contributed by atoms with Crippen LogP contribution in [0.15, 0.2) is 18.2 Å². The molecular formula is C14H20O3. The molecule has 0 amide bonds. The highest BCUT2D eigenvalue weighted by molar-refractivity contribution is 5.43. The predicted octanol–water partition coefficient (Wildman–Crippen LogP) is 2.93. The molecule has 17 heavy (non-hydrogen) atoms. The third-order valence-electron chi connectivity index (χ3n) is 3.59. The van der Waals surface area contributed by atoms with E-state index < -0.39 is 6.10 Å². The Morgan fingerprint density at radius 1 is 1.53 bits per heavy atom. The fourth-order valence-electron chi connectivity index (χ4n) is 2.19. The standard InChI is InChI=1S/C14H20O3/c1-4-9(2)13-8-12(15)11-6-5-10(16-3)7-14(11)17-13/h5-7,9,12-13,15H,4,8H2,1-3H3/t9?,12-,13?/m0/s1. The van der Waals surface area contributed by atoms with Crippen LogP contribution >= 0.6 is 0 Å². The van der Waals surface area contributed by atoms with E-state index in [9.17, 15) is 5.11 Å². The van der Waals surface area contributed by atoms with Gasteiger partial charge in [-0.3, -0.25) is 0 Å². The van der Waals surface area contributed by atoms with Crippen LogP contribution in [0.5, 0.6) is 11.5 Å². The van der Waals surface area contributed by atoms with Crippen LogP contribution < -0.4 is 9.47 Å². The average Bonchev–Trinajstić information content (AvgIpc) is 2.36. The molecule has 0 aromatic heterocycles. The molecule has 0 saturated heterocycles. The first-order valence-corrected chi connectivity index (χ1v) is 6.18. The Labute approximate surface area is 102 Å². The number of aliphatic hydroxyl groups is 1. The molecule has 2 unspecified atom stereocenters. The van der Waals surface area contributed by atoms with Gasteiger partial charge < -0.3 is 14.6 Å². The van der Waals surface area contributed by atoms with Crippen molar-refractivity contribution in [2.24, 2.45) is 5.92 Å². The zero-order valence-electron chi connectivity index (χ0n) is 10.6. The lowest BCUT2D eigenvalue weighted by molar-refractivity contribution is 0.0373. The molecule has 0 saturated carbocycles. The summed E-state index contributed by atoms with van der Waals surface area (Å²) in [6.07, 6.45) is 1.39. The van der Waals surface area contributed by atoms with Crippen molar-refractivity contribution in [3.8, 4) is 11.5 Å². The van der Waals surface area contributed by atoms with Crippen molar-refractivity contribution >= 4 is 0 Å². The van der Waals surface area contributed by atoms with Gasteiger partial charge in [-0.2, -0.15) is 0 Å². The lowest BCUT2D eigenvalue weighted by Crippen LogP contribution is -2.31. The van der Waals surface area contributed by atoms with Gasteiger partial charge in [0, 0.05) is 18.1 Å². The summed E-state index contributed by atoms with van der Waals surface area (Å²) in [7, 11) is 1.63. The van der Waals surface area contributed by atoms with Crippen molar-refractivity contribution in [2.75, 3.05) is 7.11 Å². The van der Waals surface area contributed by atoms with Crippen LogP contribution in [-0.2, 0) is 0 Å². The first kappa shape index (κ1) is 12.2. The highest BCUT2D eigenvalue weighted by Gasteiger charge is 2.29. The predicted molar refractivity (Wildman–Crippen MR) is 66.4 cm³/mol. The molecule has 3 nitrogen and oxygen atoms in total. The van der Waals surface area contributed by atoms with E-state index in [0.717, 1.165) is 23.5 Å². The Morgan fingerprint density at radius 3 is 2.94 bits per heavy atom. The number of hydrogen-bond donors (Lipinski definition) is 1. The minimum Gasteiger partial charge on any atom is -0.497 e. The van der Waals surface area contributed by atoms with E-state index in [1.165, 1.54) is 0 Å². The molecule has 3 heteroatoms. The summed E-state index contributed by atoms with van der Waals surface area (Å²) in [4.78, 5) is 0. The second-order valence-corrected chi connectivity index (χ2v) is 4.70. The van der Waals surface area contributed by atoms with E-state index in [1.54, 1.807) is 7.11 Å². The lowest BCUT2D eigenvalue weighted by atomic mass is 9.91. The number of hydrogen-bond acceptors (Lipinski definition) is 3. The van der Waals surface area contributed by atoms with Crippen LogP contribution in [-0.4, -0.2) is 18.3 Å². The molecule has 3 atom stereocenters. The molecule has 0 aliphatic carbocycles. The molecule has 0 fully saturated rings. The molecule has 1 aromatic carbocycles. The maximum Gasteiger partial charge on any atom is 0.129 e. The van der Waals surface area contributed by atoms with E-state index in [0.29, 0.717) is 12.3 Å². The minimum absolute atomic E-state index is 0.0922. The van der Waals surface area contributed by atoms with Crippen molar-refractivity contribution in [3.05, 3.63) is 23.8 Å². The number of methoxy groups -OCH3 is 1. The maximum atomic E-state index is 10.1. The van der Waals surface area contributed by atoms with Crippen LogP contribution in [0.3, 0.4) is 0 Å². The summed E-state index contributed by atoms with van der Waals surface area (Å²) in [6.45, 7) is 4.30. The van der Waals surface area contributed by atoms with E-state index in [1.807, 2.05) is 18.2 Å². The number of fused-ring (bicyclic) bond motifs is 1. The topological polar surface area (TPSA) is 38.7 Å². The Kier molecular flexibility index (Phi) is 3.57. The van der Waals surface area contributed by atoms with Crippen molar-refractivity contribution in [3.63, 3.8) is 0 Å². The van der Waals surface area contributed by atoms with Gasteiger partial charge in [-0.05, 0) is 18.1 Å². The maximum absolute atomic E-state index is 10.1. The molecular weight excluding hydrogens is 216 g/mol. The van der Waals surface area contributed by atoms with Crippen molar-refractivity contribution in [1.82, 2.24) is 0 Å². The summed E-state index contributed by atoms with van der Waals surface area (Å²) in [5, 5.41) is 10.1. The zero-order valence-corrected chi connectivity index (χ0v) is 10.6. The number of rotatable bonds is 3. The van der Waals surface area contributed by atoms with Gasteiger partial charge in [0.1, 0.15) is 17.6 Å². The molecule has 94 valence electrons. The van der Waals surface area contributed by atoms with Gasteiger partial charge >= 0.3 is 0 Å². The van der Waals surface area contributed by atoms with E-state index in [-0.39, 0.29) is 6.10 Å². The summed E-state index contributed by atoms with van der Waals surface area (Å²) in [5.41, 5.74) is 0.866. The first-order valence-electron chi connectivity index (χ1n) is 6.18. The average molecular weight is 236 g/mol. The van der Waals surface area contributed by atoms with Gasteiger partial charge in [0.2, 0.25) is 0 Å². The van der Waals surface area contributed by atoms with Crippen LogP contribution in [0.25, 0.3) is 0 Å². The molecule has 1 N–H and O–H groups in total. The summed E-state index contributed by atoms with van der Waals surface area (Å²) >= 11 is 0. The number of aliphatic hydroxyl groups excluding tert-OH is 1. The van der Waals surface area contributed by atoms with Crippen LogP contribution in [0.4, 0.5) is 0 Å². The normalized spacial score (nSPS) is 24.7. The fraction of sp³-hybridized carbons (Fsp3) is 0.571. The van der Waals surface area contributed by atoms with E-state index in [2.05, 4.69) is 13.8 Å². The minimum atomic E-state index is -0.427. The monoisotopic (exact) mass is 236 g/mol. The van der Waals surface area contributed by atoms with Crippen LogP contribution in [0.2, 0.25) is 0 Å². The van der Waals surface area contributed by atoms with Crippen molar-refractivity contribution in [2.45, 2.75) is 38.9 Å². The SMILES string of the molecule is CCC(C)C1C[C@H](O)c2ccc(OC)cc2O1. The molecule has 1 aliphatic heterocycles. The van der Waals surface area contributed by atoms with Gasteiger partial charge in [0.25, 0.3) is 0 Å². The smallest absolute Gasteiger partial charge is 0.129 e. The zero-order chi connectivity index (χ0) is 12.4. The third-order valence-corrected chi connectivity index (χ3v) is 3.59. The highest BCUT2D eigenvalue weighted by Crippen LogP contribution is 2.39. The molecule has 1 aliphatic rings. The third kappa shape index (κ3) is 2.39. The van der Waals surface area contributed by atoms with Crippen LogP contribution in [0.1, 0.15) is 38.4 Å². The summed E-state index contributed by atoms with van der Waals surface area (Å²) in [5.74, 6) is 1.97. The first-order chi connectivity index (χ1) is 8.15. The molecule has 1 aromatic rings. The summed E-state index contributed by atoms with van der Waals surface area (Å²) in [6, 6.07) is 5.59. The number of benzene rings is 1. The molecule has 2 rings (SSSR count). The Balaban J connectivity index is 2.27. The van der Waals surface area contributed by atoms with Crippen molar-refractivity contribution in [1.29, 1.82) is 0 Å². The van der Waals surface area contributed by atoms with Gasteiger partial charge in [-0.25, -0.2) is 0 Å². The molecule has 0 spiro atoms. The number of ether oxygens (including phenoxy) is 2. The Hall–Kier alpha value is -1.22. The van der Waals surface area contributed by atoms with Gasteiger partial charge in [0.15, 0.2) is 0 Å². The van der Waals surface area contributed by atoms with E-state index in [4.69, 9.17) is 9.47 Å². The van der Waals surface area contributed by atoms with Gasteiger partial charge in [-0.15, -0.1) is 0 Å². The second kappa shape index (κ2) is 4.96. The Morgan fingerprint density at radius 2 is 2.29 bits per heavy atom. The molecule has 0 radical (unpaired) electrons. The largest absolute Gasteiger partial charge is 0.497 e. The lowest BCUT2D eigenvalue weighted by Gasteiger charge is -2.33. The van der Waals surface area contributed by atoms with E-state index >= 15 is 0 Å².